The van der Waals surface area contributed by atoms with Crippen molar-refractivity contribution in [1.29, 1.82) is 0 Å². The molecular formula is C15H30N2. The largest absolute Gasteiger partial charge is 0.313 e. The molecule has 0 aromatic carbocycles. The van der Waals surface area contributed by atoms with Crippen molar-refractivity contribution in [3.8, 4) is 0 Å². The highest BCUT2D eigenvalue weighted by Crippen LogP contribution is 2.27. The second kappa shape index (κ2) is 6.75. The molecule has 2 aliphatic rings. The van der Waals surface area contributed by atoms with Crippen LogP contribution in [0, 0.1) is 5.92 Å². The molecule has 3 unspecified atom stereocenters. The number of hydrogen-bond donors (Lipinski definition) is 1. The Bertz CT molecular complexity index is 217. The molecule has 2 fully saturated rings. The van der Waals surface area contributed by atoms with Gasteiger partial charge < -0.3 is 5.32 Å². The van der Waals surface area contributed by atoms with Crippen molar-refractivity contribution >= 4 is 0 Å². The summed E-state index contributed by atoms with van der Waals surface area (Å²) in [5, 5.41) is 3.68. The molecule has 0 radical (unpaired) electrons. The molecule has 0 amide bonds. The lowest BCUT2D eigenvalue weighted by Crippen LogP contribution is -2.37. The first-order valence-corrected chi connectivity index (χ1v) is 7.77. The lowest BCUT2D eigenvalue weighted by atomic mass is 10.0. The smallest absolute Gasteiger partial charge is 0.0207 e. The molecule has 2 heteroatoms. The van der Waals surface area contributed by atoms with Gasteiger partial charge in [0.25, 0.3) is 0 Å². The maximum absolute atomic E-state index is 3.68. The van der Waals surface area contributed by atoms with E-state index in [1.165, 1.54) is 64.6 Å². The molecule has 17 heavy (non-hydrogen) atoms. The molecule has 2 rings (SSSR count). The molecule has 1 aliphatic carbocycles. The van der Waals surface area contributed by atoms with Crippen molar-refractivity contribution in [2.45, 2.75) is 70.9 Å². The fraction of sp³-hybridized carbons (Fsp3) is 1.00. The van der Waals surface area contributed by atoms with Crippen molar-refractivity contribution in [1.82, 2.24) is 10.2 Å². The van der Waals surface area contributed by atoms with Gasteiger partial charge in [-0.2, -0.15) is 0 Å². The number of hydrogen-bond acceptors (Lipinski definition) is 2. The normalized spacial score (nSPS) is 36.0. The van der Waals surface area contributed by atoms with E-state index >= 15 is 0 Å². The van der Waals surface area contributed by atoms with Crippen molar-refractivity contribution in [2.75, 3.05) is 19.6 Å². The Morgan fingerprint density at radius 2 is 2.00 bits per heavy atom. The Morgan fingerprint density at radius 3 is 2.82 bits per heavy atom. The fourth-order valence-electron chi connectivity index (χ4n) is 3.47. The van der Waals surface area contributed by atoms with Crippen LogP contribution >= 0.6 is 0 Å². The van der Waals surface area contributed by atoms with Crippen LogP contribution in [-0.4, -0.2) is 36.6 Å². The monoisotopic (exact) mass is 238 g/mol. The van der Waals surface area contributed by atoms with Gasteiger partial charge in [-0.1, -0.05) is 26.7 Å². The van der Waals surface area contributed by atoms with E-state index in [1.54, 1.807) is 0 Å². The zero-order chi connectivity index (χ0) is 12.1. The first-order chi connectivity index (χ1) is 8.29. The molecule has 0 bridgehead atoms. The predicted molar refractivity (Wildman–Crippen MR) is 74.3 cm³/mol. The maximum Gasteiger partial charge on any atom is 0.0207 e. The molecule has 1 saturated carbocycles. The molecule has 0 aromatic heterocycles. The Labute approximate surface area is 107 Å². The van der Waals surface area contributed by atoms with Crippen LogP contribution in [0.2, 0.25) is 0 Å². The molecule has 0 aromatic rings. The predicted octanol–water partition coefficient (Wildman–Crippen LogP) is 3.03. The first-order valence-electron chi connectivity index (χ1n) is 7.77. The molecule has 100 valence electrons. The molecule has 1 aliphatic heterocycles. The van der Waals surface area contributed by atoms with Crippen molar-refractivity contribution in [3.05, 3.63) is 0 Å². The lowest BCUT2D eigenvalue weighted by molar-refractivity contribution is 0.214. The summed E-state index contributed by atoms with van der Waals surface area (Å²) in [6, 6.07) is 1.67. The van der Waals surface area contributed by atoms with Gasteiger partial charge in [-0.15, -0.1) is 0 Å². The summed E-state index contributed by atoms with van der Waals surface area (Å²) in [7, 11) is 0. The van der Waals surface area contributed by atoms with E-state index in [0.29, 0.717) is 0 Å². The highest BCUT2D eigenvalue weighted by atomic mass is 15.2. The highest BCUT2D eigenvalue weighted by Gasteiger charge is 2.28. The molecule has 0 spiro atoms. The van der Waals surface area contributed by atoms with Crippen LogP contribution in [0.3, 0.4) is 0 Å². The Hall–Kier alpha value is -0.0800. The zero-order valence-corrected chi connectivity index (χ0v) is 11.8. The summed E-state index contributed by atoms with van der Waals surface area (Å²) in [4.78, 5) is 2.77. The van der Waals surface area contributed by atoms with E-state index in [0.717, 1.165) is 18.0 Å². The van der Waals surface area contributed by atoms with Gasteiger partial charge in [0.1, 0.15) is 0 Å². The first kappa shape index (κ1) is 13.4. The second-order valence-electron chi connectivity index (χ2n) is 6.20. The number of nitrogens with one attached hydrogen (secondary N) is 1. The summed E-state index contributed by atoms with van der Waals surface area (Å²) in [5.74, 6) is 0.969. The highest BCUT2D eigenvalue weighted by molar-refractivity contribution is 4.86. The summed E-state index contributed by atoms with van der Waals surface area (Å²) >= 11 is 0. The maximum atomic E-state index is 3.68. The van der Waals surface area contributed by atoms with Gasteiger partial charge in [-0.3, -0.25) is 4.90 Å². The van der Waals surface area contributed by atoms with Gasteiger partial charge in [0.05, 0.1) is 0 Å². The van der Waals surface area contributed by atoms with Crippen molar-refractivity contribution < 1.29 is 0 Å². The summed E-state index contributed by atoms with van der Waals surface area (Å²) in [6.45, 7) is 8.52. The van der Waals surface area contributed by atoms with Crippen molar-refractivity contribution in [3.63, 3.8) is 0 Å². The van der Waals surface area contributed by atoms with Gasteiger partial charge in [-0.05, 0) is 44.6 Å². The number of likely N-dealkylation sites (tertiary alicyclic amines) is 1. The van der Waals surface area contributed by atoms with Gasteiger partial charge in [-0.25, -0.2) is 0 Å². The molecule has 1 heterocycles. The third kappa shape index (κ3) is 3.96. The van der Waals surface area contributed by atoms with Crippen LogP contribution in [0.4, 0.5) is 0 Å². The molecule has 2 nitrogen and oxygen atoms in total. The third-order valence-corrected chi connectivity index (χ3v) is 4.65. The number of nitrogens with zero attached hydrogens (tertiary/aromatic N) is 1. The lowest BCUT2D eigenvalue weighted by Gasteiger charge is -2.27. The van der Waals surface area contributed by atoms with E-state index in [2.05, 4.69) is 24.1 Å². The third-order valence-electron chi connectivity index (χ3n) is 4.65. The molecule has 1 N–H and O–H groups in total. The summed E-state index contributed by atoms with van der Waals surface area (Å²) in [5.41, 5.74) is 0. The average Bonchev–Trinajstić information content (AvgIpc) is 2.69. The molecular weight excluding hydrogens is 208 g/mol. The van der Waals surface area contributed by atoms with Crippen molar-refractivity contribution in [2.24, 2.45) is 5.92 Å². The Morgan fingerprint density at radius 1 is 1.12 bits per heavy atom. The standard InChI is InChI=1S/C15H30N2/c1-3-10-16-14-9-11-17(12-14)15-6-4-5-13(2)7-8-15/h13-16H,3-12H2,1-2H3. The fourth-order valence-corrected chi connectivity index (χ4v) is 3.47. The SMILES string of the molecule is CCCNC1CCN(C2CCCC(C)CC2)C1. The van der Waals surface area contributed by atoms with Crippen LogP contribution in [0.25, 0.3) is 0 Å². The Balaban J connectivity index is 1.75. The van der Waals surface area contributed by atoms with Crippen LogP contribution in [0.15, 0.2) is 0 Å². The van der Waals surface area contributed by atoms with Crippen LogP contribution in [0.5, 0.6) is 0 Å². The van der Waals surface area contributed by atoms with Gasteiger partial charge in [0.15, 0.2) is 0 Å². The summed E-state index contributed by atoms with van der Waals surface area (Å²) in [6.07, 6.45) is 9.89. The van der Waals surface area contributed by atoms with E-state index < -0.39 is 0 Å². The second-order valence-corrected chi connectivity index (χ2v) is 6.20. The van der Waals surface area contributed by atoms with Gasteiger partial charge in [0.2, 0.25) is 0 Å². The minimum absolute atomic E-state index is 0.774. The van der Waals surface area contributed by atoms with E-state index in [1.807, 2.05) is 0 Å². The van der Waals surface area contributed by atoms with E-state index in [9.17, 15) is 0 Å². The van der Waals surface area contributed by atoms with Gasteiger partial charge >= 0.3 is 0 Å². The summed E-state index contributed by atoms with van der Waals surface area (Å²) < 4.78 is 0. The quantitative estimate of drug-likeness (QED) is 0.757. The molecule has 1 saturated heterocycles. The van der Waals surface area contributed by atoms with E-state index in [-0.39, 0.29) is 0 Å². The van der Waals surface area contributed by atoms with Crippen LogP contribution in [0.1, 0.15) is 58.8 Å². The average molecular weight is 238 g/mol. The topological polar surface area (TPSA) is 15.3 Å². The minimum atomic E-state index is 0.774. The van der Waals surface area contributed by atoms with E-state index in [4.69, 9.17) is 0 Å². The zero-order valence-electron chi connectivity index (χ0n) is 11.8. The Kier molecular flexibility index (Phi) is 5.30. The molecule has 3 atom stereocenters. The van der Waals surface area contributed by atoms with Gasteiger partial charge in [0, 0.05) is 25.2 Å². The van der Waals surface area contributed by atoms with Crippen LogP contribution < -0.4 is 5.32 Å². The minimum Gasteiger partial charge on any atom is -0.313 e. The van der Waals surface area contributed by atoms with Crippen LogP contribution in [-0.2, 0) is 0 Å². The number of rotatable bonds is 4.